The van der Waals surface area contributed by atoms with Crippen LogP contribution in [0.3, 0.4) is 0 Å². The molecular formula is C8H12O5S. The lowest BCUT2D eigenvalue weighted by atomic mass is 10.7. The predicted octanol–water partition coefficient (Wildman–Crippen LogP) is 0.528. The molecule has 1 rings (SSSR count). The first-order valence-corrected chi connectivity index (χ1v) is 5.20. The fraction of sp³-hybridized carbons (Fsp3) is 0.750. The maximum atomic E-state index is 10.6. The van der Waals surface area contributed by atoms with Gasteiger partial charge in [0.05, 0.1) is 5.75 Å². The Morgan fingerprint density at radius 1 is 1.43 bits per heavy atom. The van der Waals surface area contributed by atoms with Gasteiger partial charge in [-0.2, -0.15) is 0 Å². The number of carbonyl (C=O) groups excluding carboxylic acids is 2. The topological polar surface area (TPSA) is 61.8 Å². The van der Waals surface area contributed by atoms with Crippen molar-refractivity contribution in [2.24, 2.45) is 0 Å². The monoisotopic (exact) mass is 220 g/mol. The molecule has 1 saturated heterocycles. The van der Waals surface area contributed by atoms with E-state index in [-0.39, 0.29) is 24.0 Å². The molecule has 6 heteroatoms. The standard InChI is InChI=1S/C8H12O5S/c1-5(9)11-3-8-13-7(4-14-8)12-6(2)10/h7-8H,3-4H2,1-2H3. The largest absolute Gasteiger partial charge is 0.462 e. The Morgan fingerprint density at radius 3 is 2.71 bits per heavy atom. The lowest BCUT2D eigenvalue weighted by Gasteiger charge is -2.11. The van der Waals surface area contributed by atoms with Gasteiger partial charge >= 0.3 is 11.9 Å². The van der Waals surface area contributed by atoms with Crippen LogP contribution in [0.5, 0.6) is 0 Å². The van der Waals surface area contributed by atoms with Crippen molar-refractivity contribution < 1.29 is 23.8 Å². The second-order valence-corrected chi connectivity index (χ2v) is 3.93. The van der Waals surface area contributed by atoms with Crippen LogP contribution in [-0.2, 0) is 23.8 Å². The minimum Gasteiger partial charge on any atom is -0.462 e. The lowest BCUT2D eigenvalue weighted by Crippen LogP contribution is -2.21. The Balaban J connectivity index is 2.20. The van der Waals surface area contributed by atoms with Crippen molar-refractivity contribution in [3.63, 3.8) is 0 Å². The highest BCUT2D eigenvalue weighted by Crippen LogP contribution is 2.25. The molecule has 0 aromatic rings. The number of carbonyl (C=O) groups is 2. The summed E-state index contributed by atoms with van der Waals surface area (Å²) in [4.78, 5) is 21.1. The third kappa shape index (κ3) is 3.97. The molecule has 0 aliphatic carbocycles. The van der Waals surface area contributed by atoms with Gasteiger partial charge in [0.25, 0.3) is 0 Å². The fourth-order valence-electron chi connectivity index (χ4n) is 0.953. The van der Waals surface area contributed by atoms with E-state index < -0.39 is 6.29 Å². The zero-order valence-corrected chi connectivity index (χ0v) is 8.83. The van der Waals surface area contributed by atoms with E-state index in [1.165, 1.54) is 25.6 Å². The molecule has 0 amide bonds. The average Bonchev–Trinajstić information content (AvgIpc) is 2.47. The first-order valence-electron chi connectivity index (χ1n) is 4.15. The third-order valence-corrected chi connectivity index (χ3v) is 2.53. The maximum absolute atomic E-state index is 10.6. The Labute approximate surface area is 86.1 Å². The molecule has 14 heavy (non-hydrogen) atoms. The van der Waals surface area contributed by atoms with Gasteiger partial charge in [-0.3, -0.25) is 9.59 Å². The molecule has 0 aromatic heterocycles. The van der Waals surface area contributed by atoms with Crippen LogP contribution in [0, 0.1) is 0 Å². The van der Waals surface area contributed by atoms with E-state index in [1.54, 1.807) is 0 Å². The van der Waals surface area contributed by atoms with Crippen LogP contribution in [0.2, 0.25) is 0 Å². The molecular weight excluding hydrogens is 208 g/mol. The molecule has 0 saturated carbocycles. The summed E-state index contributed by atoms with van der Waals surface area (Å²) >= 11 is 1.46. The number of thioether (sulfide) groups is 1. The predicted molar refractivity (Wildman–Crippen MR) is 49.5 cm³/mol. The van der Waals surface area contributed by atoms with Gasteiger partial charge in [-0.15, -0.1) is 11.8 Å². The maximum Gasteiger partial charge on any atom is 0.304 e. The molecule has 2 unspecified atom stereocenters. The molecule has 1 heterocycles. The molecule has 0 bridgehead atoms. The molecule has 1 aliphatic heterocycles. The Kier molecular flexibility index (Phi) is 4.21. The summed E-state index contributed by atoms with van der Waals surface area (Å²) in [6, 6.07) is 0. The Hall–Kier alpha value is -0.750. The number of esters is 2. The zero-order chi connectivity index (χ0) is 10.6. The van der Waals surface area contributed by atoms with Crippen LogP contribution < -0.4 is 0 Å². The average molecular weight is 220 g/mol. The highest BCUT2D eigenvalue weighted by molar-refractivity contribution is 8.00. The van der Waals surface area contributed by atoms with Gasteiger partial charge in [-0.05, 0) is 0 Å². The summed E-state index contributed by atoms with van der Waals surface area (Å²) in [7, 11) is 0. The van der Waals surface area contributed by atoms with Crippen molar-refractivity contribution in [2.45, 2.75) is 25.6 Å². The molecule has 80 valence electrons. The summed E-state index contributed by atoms with van der Waals surface area (Å²) in [5.74, 6) is -0.139. The summed E-state index contributed by atoms with van der Waals surface area (Å²) in [5.41, 5.74) is -0.233. The van der Waals surface area contributed by atoms with Crippen molar-refractivity contribution in [1.82, 2.24) is 0 Å². The number of hydrogen-bond donors (Lipinski definition) is 0. The SMILES string of the molecule is CC(=O)OCC1OC(OC(C)=O)CS1. The molecule has 0 spiro atoms. The van der Waals surface area contributed by atoms with Gasteiger partial charge in [0.15, 0.2) is 0 Å². The summed E-state index contributed by atoms with van der Waals surface area (Å²) in [5, 5.41) is 0. The van der Waals surface area contributed by atoms with Crippen LogP contribution in [0.4, 0.5) is 0 Å². The first kappa shape index (κ1) is 11.3. The fourth-order valence-corrected chi connectivity index (χ4v) is 1.84. The van der Waals surface area contributed by atoms with Gasteiger partial charge in [-0.1, -0.05) is 0 Å². The Bertz CT molecular complexity index is 230. The normalized spacial score (nSPS) is 25.9. The highest BCUT2D eigenvalue weighted by atomic mass is 32.2. The van der Waals surface area contributed by atoms with Crippen molar-refractivity contribution >= 4 is 23.7 Å². The molecule has 1 aliphatic rings. The third-order valence-electron chi connectivity index (χ3n) is 1.44. The second-order valence-electron chi connectivity index (χ2n) is 2.74. The van der Waals surface area contributed by atoms with Gasteiger partial charge < -0.3 is 14.2 Å². The zero-order valence-electron chi connectivity index (χ0n) is 8.02. The molecule has 0 aromatic carbocycles. The van der Waals surface area contributed by atoms with Gasteiger partial charge in [0.1, 0.15) is 12.0 Å². The summed E-state index contributed by atoms with van der Waals surface area (Å²) < 4.78 is 14.8. The smallest absolute Gasteiger partial charge is 0.304 e. The van der Waals surface area contributed by atoms with Crippen LogP contribution in [0.1, 0.15) is 13.8 Å². The molecule has 1 fully saturated rings. The van der Waals surface area contributed by atoms with E-state index in [2.05, 4.69) is 0 Å². The van der Waals surface area contributed by atoms with Crippen molar-refractivity contribution in [3.8, 4) is 0 Å². The minimum atomic E-state index is -0.516. The van der Waals surface area contributed by atoms with Gasteiger partial charge in [0.2, 0.25) is 6.29 Å². The quantitative estimate of drug-likeness (QED) is 0.646. The molecule has 0 radical (unpaired) electrons. The van der Waals surface area contributed by atoms with E-state index >= 15 is 0 Å². The van der Waals surface area contributed by atoms with Crippen LogP contribution in [-0.4, -0.2) is 36.0 Å². The van der Waals surface area contributed by atoms with Crippen molar-refractivity contribution in [1.29, 1.82) is 0 Å². The highest BCUT2D eigenvalue weighted by Gasteiger charge is 2.28. The van der Waals surface area contributed by atoms with E-state index in [0.29, 0.717) is 5.75 Å². The van der Waals surface area contributed by atoms with Crippen LogP contribution >= 0.6 is 11.8 Å². The second kappa shape index (κ2) is 5.21. The van der Waals surface area contributed by atoms with E-state index in [0.717, 1.165) is 0 Å². The molecule has 2 atom stereocenters. The first-order chi connectivity index (χ1) is 6.58. The van der Waals surface area contributed by atoms with E-state index in [4.69, 9.17) is 14.2 Å². The summed E-state index contributed by atoms with van der Waals surface area (Å²) in [6.45, 7) is 2.86. The Morgan fingerprint density at radius 2 is 2.14 bits per heavy atom. The molecule has 0 N–H and O–H groups in total. The number of ether oxygens (including phenoxy) is 3. The van der Waals surface area contributed by atoms with E-state index in [9.17, 15) is 9.59 Å². The number of hydrogen-bond acceptors (Lipinski definition) is 6. The summed E-state index contributed by atoms with van der Waals surface area (Å²) in [6.07, 6.45) is -0.516. The van der Waals surface area contributed by atoms with Gasteiger partial charge in [-0.25, -0.2) is 0 Å². The van der Waals surface area contributed by atoms with Crippen LogP contribution in [0.25, 0.3) is 0 Å². The van der Waals surface area contributed by atoms with Gasteiger partial charge in [0, 0.05) is 13.8 Å². The van der Waals surface area contributed by atoms with Crippen molar-refractivity contribution in [2.75, 3.05) is 12.4 Å². The number of rotatable bonds is 3. The molecule has 5 nitrogen and oxygen atoms in total. The lowest BCUT2D eigenvalue weighted by molar-refractivity contribution is -0.174. The van der Waals surface area contributed by atoms with E-state index in [1.807, 2.05) is 0 Å². The minimum absolute atomic E-state index is 0.192. The van der Waals surface area contributed by atoms with Crippen LogP contribution in [0.15, 0.2) is 0 Å². The van der Waals surface area contributed by atoms with Crippen molar-refractivity contribution in [3.05, 3.63) is 0 Å².